The summed E-state index contributed by atoms with van der Waals surface area (Å²) >= 11 is 0. The topological polar surface area (TPSA) is 90.3 Å². The molecule has 7 nitrogen and oxygen atoms in total. The third kappa shape index (κ3) is 3.62. The number of nitrogens with one attached hydrogen (secondary N) is 2. The molecule has 0 saturated carbocycles. The van der Waals surface area contributed by atoms with Crippen molar-refractivity contribution in [3.05, 3.63) is 36.0 Å². The molecular weight excluding hydrogens is 378 g/mol. The summed E-state index contributed by atoms with van der Waals surface area (Å²) in [6.45, 7) is 3.18. The SMILES string of the molecule is C[C@@H]1CN(c2ccc(C#N)c3ncccc23)C[C@H](C(=O)NC2C[C@H]3CC[C@@H](C2)N3)O1. The van der Waals surface area contributed by atoms with Crippen LogP contribution in [0.3, 0.4) is 0 Å². The third-order valence-corrected chi connectivity index (χ3v) is 6.58. The van der Waals surface area contributed by atoms with Crippen LogP contribution in [0.25, 0.3) is 10.9 Å². The van der Waals surface area contributed by atoms with Crippen molar-refractivity contribution in [1.82, 2.24) is 15.6 Å². The summed E-state index contributed by atoms with van der Waals surface area (Å²) in [5, 5.41) is 17.2. The maximum Gasteiger partial charge on any atom is 0.251 e. The second-order valence-corrected chi connectivity index (χ2v) is 8.80. The van der Waals surface area contributed by atoms with E-state index in [4.69, 9.17) is 4.74 Å². The number of carbonyl (C=O) groups is 1. The standard InChI is InChI=1S/C23H27N5O2/c1-14-12-28(20-7-4-15(11-24)22-19(20)3-2-8-25-22)13-21(30-14)23(29)27-18-9-16-5-6-17(10-18)26-16/h2-4,7-8,14,16-18,21,26H,5-6,9-10,12-13H2,1H3,(H,27,29)/t14-,16-,17+,18?,21-/m1/s1. The largest absolute Gasteiger partial charge is 0.365 e. The number of hydrogen-bond donors (Lipinski definition) is 2. The monoisotopic (exact) mass is 405 g/mol. The van der Waals surface area contributed by atoms with Gasteiger partial charge < -0.3 is 20.3 Å². The van der Waals surface area contributed by atoms with Crippen molar-refractivity contribution in [1.29, 1.82) is 5.26 Å². The van der Waals surface area contributed by atoms with Crippen molar-refractivity contribution in [2.45, 2.75) is 62.9 Å². The van der Waals surface area contributed by atoms with E-state index in [0.29, 0.717) is 36.3 Å². The van der Waals surface area contributed by atoms with Crippen LogP contribution < -0.4 is 15.5 Å². The second kappa shape index (κ2) is 7.86. The van der Waals surface area contributed by atoms with Gasteiger partial charge in [0.15, 0.2) is 6.10 Å². The predicted molar refractivity (Wildman–Crippen MR) is 114 cm³/mol. The molecule has 30 heavy (non-hydrogen) atoms. The summed E-state index contributed by atoms with van der Waals surface area (Å²) in [5.74, 6) is -0.0195. The van der Waals surface area contributed by atoms with Crippen LogP contribution in [0.15, 0.2) is 30.5 Å². The quantitative estimate of drug-likeness (QED) is 0.813. The Hall–Kier alpha value is -2.69. The number of carbonyl (C=O) groups excluding carboxylic acids is 1. The number of benzene rings is 1. The zero-order valence-electron chi connectivity index (χ0n) is 17.2. The molecule has 1 aromatic carbocycles. The first-order chi connectivity index (χ1) is 14.6. The Labute approximate surface area is 176 Å². The van der Waals surface area contributed by atoms with Crippen molar-refractivity contribution < 1.29 is 9.53 Å². The summed E-state index contributed by atoms with van der Waals surface area (Å²) in [4.78, 5) is 19.7. The second-order valence-electron chi connectivity index (χ2n) is 8.80. The Morgan fingerprint density at radius 1 is 1.27 bits per heavy atom. The van der Waals surface area contributed by atoms with Gasteiger partial charge in [0.25, 0.3) is 5.91 Å². The number of ether oxygens (including phenoxy) is 1. The maximum absolute atomic E-state index is 13.0. The van der Waals surface area contributed by atoms with Gasteiger partial charge in [0, 0.05) is 41.9 Å². The Morgan fingerprint density at radius 2 is 2.07 bits per heavy atom. The van der Waals surface area contributed by atoms with Crippen LogP contribution >= 0.6 is 0 Å². The van der Waals surface area contributed by atoms with Gasteiger partial charge in [-0.2, -0.15) is 5.26 Å². The van der Waals surface area contributed by atoms with Crippen LogP contribution in [0.1, 0.15) is 38.2 Å². The fourth-order valence-corrected chi connectivity index (χ4v) is 5.29. The molecule has 5 atom stereocenters. The molecule has 4 heterocycles. The highest BCUT2D eigenvalue weighted by atomic mass is 16.5. The minimum atomic E-state index is -0.511. The highest BCUT2D eigenvalue weighted by molar-refractivity contribution is 5.95. The summed E-state index contributed by atoms with van der Waals surface area (Å²) in [6, 6.07) is 11.2. The van der Waals surface area contributed by atoms with Gasteiger partial charge in [-0.15, -0.1) is 0 Å². The van der Waals surface area contributed by atoms with Gasteiger partial charge in [0.05, 0.1) is 23.7 Å². The number of aromatic nitrogens is 1. The van der Waals surface area contributed by atoms with E-state index in [1.807, 2.05) is 31.2 Å². The lowest BCUT2D eigenvalue weighted by atomic mass is 9.99. The molecule has 0 aliphatic carbocycles. The van der Waals surface area contributed by atoms with Crippen LogP contribution in [0.4, 0.5) is 5.69 Å². The Bertz CT molecular complexity index is 991. The summed E-state index contributed by atoms with van der Waals surface area (Å²) in [7, 11) is 0. The first-order valence-electron chi connectivity index (χ1n) is 10.9. The number of morpholine rings is 1. The van der Waals surface area contributed by atoms with Gasteiger partial charge in [0.2, 0.25) is 0 Å². The van der Waals surface area contributed by atoms with E-state index in [9.17, 15) is 10.1 Å². The molecule has 0 radical (unpaired) electrons. The first-order valence-corrected chi connectivity index (χ1v) is 10.9. The average molecular weight is 406 g/mol. The fourth-order valence-electron chi connectivity index (χ4n) is 5.29. The molecule has 3 aliphatic heterocycles. The van der Waals surface area contributed by atoms with Gasteiger partial charge in [0.1, 0.15) is 6.07 Å². The van der Waals surface area contributed by atoms with Crippen molar-refractivity contribution in [3.8, 4) is 6.07 Å². The molecule has 3 aliphatic rings. The van der Waals surface area contributed by atoms with E-state index in [0.717, 1.165) is 23.9 Å². The van der Waals surface area contributed by atoms with Crippen molar-refractivity contribution in [3.63, 3.8) is 0 Å². The predicted octanol–water partition coefficient (Wildman–Crippen LogP) is 2.10. The molecule has 3 fully saturated rings. The number of amides is 1. The number of anilines is 1. The van der Waals surface area contributed by atoms with Crippen molar-refractivity contribution >= 4 is 22.5 Å². The molecule has 156 valence electrons. The fraction of sp³-hybridized carbons (Fsp3) is 0.522. The van der Waals surface area contributed by atoms with E-state index in [1.54, 1.807) is 6.20 Å². The molecule has 2 bridgehead atoms. The number of hydrogen-bond acceptors (Lipinski definition) is 6. The average Bonchev–Trinajstić information content (AvgIpc) is 3.10. The van der Waals surface area contributed by atoms with Gasteiger partial charge in [-0.1, -0.05) is 0 Å². The highest BCUT2D eigenvalue weighted by Gasteiger charge is 2.37. The minimum Gasteiger partial charge on any atom is -0.365 e. The van der Waals surface area contributed by atoms with Crippen LogP contribution in [0.2, 0.25) is 0 Å². The normalized spacial score (nSPS) is 30.8. The lowest BCUT2D eigenvalue weighted by Crippen LogP contribution is -2.56. The van der Waals surface area contributed by atoms with Crippen molar-refractivity contribution in [2.24, 2.45) is 0 Å². The molecule has 1 amide bonds. The zero-order valence-corrected chi connectivity index (χ0v) is 17.2. The number of pyridine rings is 1. The number of piperidine rings is 1. The third-order valence-electron chi connectivity index (χ3n) is 6.58. The van der Waals surface area contributed by atoms with Crippen molar-refractivity contribution in [2.75, 3.05) is 18.0 Å². The molecule has 0 spiro atoms. The van der Waals surface area contributed by atoms with Gasteiger partial charge in [-0.25, -0.2) is 0 Å². The molecular formula is C23H27N5O2. The van der Waals surface area contributed by atoms with Crippen LogP contribution in [0, 0.1) is 11.3 Å². The summed E-state index contributed by atoms with van der Waals surface area (Å²) in [5.41, 5.74) is 2.25. The number of nitrogens with zero attached hydrogens (tertiary/aromatic N) is 3. The molecule has 2 N–H and O–H groups in total. The number of fused-ring (bicyclic) bond motifs is 3. The van der Waals surface area contributed by atoms with Crippen LogP contribution in [-0.2, 0) is 9.53 Å². The molecule has 5 rings (SSSR count). The summed E-state index contributed by atoms with van der Waals surface area (Å²) < 4.78 is 6.03. The maximum atomic E-state index is 13.0. The molecule has 3 saturated heterocycles. The van der Waals surface area contributed by atoms with E-state index < -0.39 is 6.10 Å². The van der Waals surface area contributed by atoms with Crippen LogP contribution in [0.5, 0.6) is 0 Å². The van der Waals surface area contributed by atoms with E-state index in [-0.39, 0.29) is 18.1 Å². The zero-order chi connectivity index (χ0) is 20.7. The lowest BCUT2D eigenvalue weighted by Gasteiger charge is -2.39. The van der Waals surface area contributed by atoms with E-state index in [2.05, 4.69) is 26.6 Å². The lowest BCUT2D eigenvalue weighted by molar-refractivity contribution is -0.138. The number of rotatable bonds is 3. The molecule has 2 aromatic rings. The summed E-state index contributed by atoms with van der Waals surface area (Å²) in [6.07, 6.45) is 5.55. The van der Waals surface area contributed by atoms with Gasteiger partial charge in [-0.3, -0.25) is 9.78 Å². The van der Waals surface area contributed by atoms with E-state index >= 15 is 0 Å². The smallest absolute Gasteiger partial charge is 0.251 e. The molecule has 1 aromatic heterocycles. The van der Waals surface area contributed by atoms with Crippen LogP contribution in [-0.4, -0.2) is 54.3 Å². The minimum absolute atomic E-state index is 0.0195. The Kier molecular flexibility index (Phi) is 5.05. The van der Waals surface area contributed by atoms with Gasteiger partial charge >= 0.3 is 0 Å². The van der Waals surface area contributed by atoms with E-state index in [1.165, 1.54) is 12.8 Å². The number of nitriles is 1. The van der Waals surface area contributed by atoms with Gasteiger partial charge in [-0.05, 0) is 56.9 Å². The molecule has 7 heteroatoms. The Balaban J connectivity index is 1.35. The molecule has 1 unspecified atom stereocenters. The first kappa shape index (κ1) is 19.3. The Morgan fingerprint density at radius 3 is 2.83 bits per heavy atom. The highest BCUT2D eigenvalue weighted by Crippen LogP contribution is 2.31.